The summed E-state index contributed by atoms with van der Waals surface area (Å²) < 4.78 is 5.04. The van der Waals surface area contributed by atoms with Crippen molar-refractivity contribution in [3.63, 3.8) is 0 Å². The lowest BCUT2D eigenvalue weighted by molar-refractivity contribution is 0.208. The minimum Gasteiger partial charge on any atom is -0.497 e. The van der Waals surface area contributed by atoms with Crippen molar-refractivity contribution in [2.75, 3.05) is 19.5 Å². The molecule has 0 aliphatic heterocycles. The predicted octanol–water partition coefficient (Wildman–Crippen LogP) is 1.68. The first-order valence-electron chi connectivity index (χ1n) is 6.12. The molecule has 1 aromatic carbocycles. The fourth-order valence-corrected chi connectivity index (χ4v) is 1.57. The van der Waals surface area contributed by atoms with Gasteiger partial charge in [0, 0.05) is 25.2 Å². The monoisotopic (exact) mass is 280 g/mol. The van der Waals surface area contributed by atoms with Crippen LogP contribution >= 0.6 is 0 Å². The molecule has 0 heterocycles. The Hall–Kier alpha value is -2.44. The number of nitrogens with zero attached hydrogens (tertiary/aromatic N) is 2. The van der Waals surface area contributed by atoms with Crippen LogP contribution in [-0.2, 0) is 0 Å². The maximum absolute atomic E-state index is 12.0. The average Bonchev–Trinajstić information content (AvgIpc) is 2.46. The molecule has 7 nitrogen and oxygen atoms in total. The number of carbonyl (C=O) groups excluding carboxylic acids is 1. The van der Waals surface area contributed by atoms with Gasteiger partial charge in [0.15, 0.2) is 0 Å². The molecule has 0 aliphatic carbocycles. The molecule has 1 atom stereocenters. The van der Waals surface area contributed by atoms with Crippen molar-refractivity contribution in [1.82, 2.24) is 4.90 Å². The van der Waals surface area contributed by atoms with E-state index in [0.717, 1.165) is 5.75 Å². The number of nitrogens with one attached hydrogen (secondary N) is 1. The molecule has 110 valence electrons. The summed E-state index contributed by atoms with van der Waals surface area (Å²) in [7, 11) is 3.23. The third kappa shape index (κ3) is 4.34. The number of benzene rings is 1. The van der Waals surface area contributed by atoms with Crippen LogP contribution in [0.25, 0.3) is 0 Å². The van der Waals surface area contributed by atoms with E-state index in [1.54, 1.807) is 38.4 Å². The summed E-state index contributed by atoms with van der Waals surface area (Å²) >= 11 is 0. The summed E-state index contributed by atoms with van der Waals surface area (Å²) in [6.07, 6.45) is 0.295. The van der Waals surface area contributed by atoms with Gasteiger partial charge in [0.2, 0.25) is 0 Å². The summed E-state index contributed by atoms with van der Waals surface area (Å²) in [5.74, 6) is 0.804. The molecule has 0 bridgehead atoms. The molecule has 0 saturated carbocycles. The Labute approximate surface area is 118 Å². The lowest BCUT2D eigenvalue weighted by atomic mass is 10.2. The number of hydrogen-bond donors (Lipinski definition) is 3. The molecule has 2 amide bonds. The van der Waals surface area contributed by atoms with Crippen molar-refractivity contribution in [2.45, 2.75) is 19.4 Å². The Balaban J connectivity index is 2.60. The summed E-state index contributed by atoms with van der Waals surface area (Å²) in [5, 5.41) is 14.2. The molecule has 1 aromatic rings. The van der Waals surface area contributed by atoms with Gasteiger partial charge >= 0.3 is 6.03 Å². The highest BCUT2D eigenvalue weighted by molar-refractivity contribution is 5.90. The van der Waals surface area contributed by atoms with Crippen LogP contribution in [0.3, 0.4) is 0 Å². The van der Waals surface area contributed by atoms with Gasteiger partial charge in [0.1, 0.15) is 11.6 Å². The fourth-order valence-electron chi connectivity index (χ4n) is 1.57. The first kappa shape index (κ1) is 15.6. The standard InChI is InChI=1S/C13H20N4O3/c1-9(8-12(14)16-19)17(2)13(18)15-10-4-6-11(20-3)7-5-10/h4-7,9,19H,8H2,1-3H3,(H2,14,16)(H,15,18). The van der Waals surface area contributed by atoms with Crippen LogP contribution < -0.4 is 15.8 Å². The molecule has 0 saturated heterocycles. The topological polar surface area (TPSA) is 100 Å². The zero-order valence-corrected chi connectivity index (χ0v) is 11.8. The molecule has 0 fully saturated rings. The first-order valence-corrected chi connectivity index (χ1v) is 6.12. The number of ether oxygens (including phenoxy) is 1. The second-order valence-corrected chi connectivity index (χ2v) is 4.41. The van der Waals surface area contributed by atoms with Crippen LogP contribution in [0.2, 0.25) is 0 Å². The van der Waals surface area contributed by atoms with Gasteiger partial charge in [-0.1, -0.05) is 5.16 Å². The highest BCUT2D eigenvalue weighted by Gasteiger charge is 2.17. The van der Waals surface area contributed by atoms with Gasteiger partial charge in [-0.05, 0) is 31.2 Å². The molecular weight excluding hydrogens is 260 g/mol. The fraction of sp³-hybridized carbons (Fsp3) is 0.385. The SMILES string of the molecule is COc1ccc(NC(=O)N(C)C(C)CC(N)=NO)cc1. The third-order valence-electron chi connectivity index (χ3n) is 2.96. The molecule has 0 spiro atoms. The quantitative estimate of drug-likeness (QED) is 0.330. The Morgan fingerprint density at radius 1 is 1.50 bits per heavy atom. The minimum absolute atomic E-state index is 0.0848. The summed E-state index contributed by atoms with van der Waals surface area (Å²) in [5.41, 5.74) is 6.09. The van der Waals surface area contributed by atoms with E-state index < -0.39 is 0 Å². The van der Waals surface area contributed by atoms with Crippen LogP contribution in [0, 0.1) is 0 Å². The van der Waals surface area contributed by atoms with Gasteiger partial charge in [0.05, 0.1) is 7.11 Å². The number of hydrogen-bond acceptors (Lipinski definition) is 4. The lowest BCUT2D eigenvalue weighted by Gasteiger charge is -2.24. The van der Waals surface area contributed by atoms with Crippen LogP contribution in [0.1, 0.15) is 13.3 Å². The third-order valence-corrected chi connectivity index (χ3v) is 2.96. The number of rotatable bonds is 5. The van der Waals surface area contributed by atoms with E-state index in [1.807, 2.05) is 6.92 Å². The number of carbonyl (C=O) groups is 1. The minimum atomic E-state index is -0.270. The Kier molecular flexibility index (Phi) is 5.64. The molecule has 1 unspecified atom stereocenters. The van der Waals surface area contributed by atoms with Crippen molar-refractivity contribution in [2.24, 2.45) is 10.9 Å². The van der Waals surface area contributed by atoms with Crippen LogP contribution in [-0.4, -0.2) is 42.2 Å². The zero-order valence-electron chi connectivity index (χ0n) is 11.8. The normalized spacial score (nSPS) is 12.7. The average molecular weight is 280 g/mol. The summed E-state index contributed by atoms with van der Waals surface area (Å²) in [6, 6.07) is 6.56. The van der Waals surface area contributed by atoms with Gasteiger partial charge in [-0.15, -0.1) is 0 Å². The van der Waals surface area contributed by atoms with E-state index in [1.165, 1.54) is 4.90 Å². The van der Waals surface area contributed by atoms with Crippen LogP contribution in [0.5, 0.6) is 5.75 Å². The molecule has 4 N–H and O–H groups in total. The number of urea groups is 1. The lowest BCUT2D eigenvalue weighted by Crippen LogP contribution is -2.40. The number of amides is 2. The van der Waals surface area contributed by atoms with Gasteiger partial charge in [-0.3, -0.25) is 0 Å². The first-order chi connectivity index (χ1) is 9.47. The van der Waals surface area contributed by atoms with Crippen LogP contribution in [0.15, 0.2) is 29.4 Å². The van der Waals surface area contributed by atoms with Gasteiger partial charge < -0.3 is 25.9 Å². The van der Waals surface area contributed by atoms with Crippen LogP contribution in [0.4, 0.5) is 10.5 Å². The van der Waals surface area contributed by atoms with Crippen molar-refractivity contribution < 1.29 is 14.7 Å². The van der Waals surface area contributed by atoms with Crippen molar-refractivity contribution in [1.29, 1.82) is 0 Å². The number of oxime groups is 1. The number of nitrogens with two attached hydrogens (primary N) is 1. The molecule has 0 radical (unpaired) electrons. The maximum atomic E-state index is 12.0. The molecule has 1 rings (SSSR count). The van der Waals surface area contributed by atoms with Crippen molar-refractivity contribution in [3.05, 3.63) is 24.3 Å². The molecule has 20 heavy (non-hydrogen) atoms. The van der Waals surface area contributed by atoms with Gasteiger partial charge in [-0.25, -0.2) is 4.79 Å². The van der Waals surface area contributed by atoms with E-state index in [0.29, 0.717) is 12.1 Å². The van der Waals surface area contributed by atoms with Crippen molar-refractivity contribution >= 4 is 17.6 Å². The Morgan fingerprint density at radius 2 is 2.10 bits per heavy atom. The Morgan fingerprint density at radius 3 is 2.60 bits per heavy atom. The second-order valence-electron chi connectivity index (χ2n) is 4.41. The smallest absolute Gasteiger partial charge is 0.321 e. The number of amidine groups is 1. The van der Waals surface area contributed by atoms with E-state index in [4.69, 9.17) is 15.7 Å². The summed E-state index contributed by atoms with van der Waals surface area (Å²) in [6.45, 7) is 1.81. The summed E-state index contributed by atoms with van der Waals surface area (Å²) in [4.78, 5) is 13.5. The highest BCUT2D eigenvalue weighted by atomic mass is 16.5. The van der Waals surface area contributed by atoms with Gasteiger partial charge in [0.25, 0.3) is 0 Å². The highest BCUT2D eigenvalue weighted by Crippen LogP contribution is 2.15. The predicted molar refractivity (Wildman–Crippen MR) is 77.3 cm³/mol. The number of anilines is 1. The van der Waals surface area contributed by atoms with E-state index in [9.17, 15) is 4.79 Å². The largest absolute Gasteiger partial charge is 0.497 e. The van der Waals surface area contributed by atoms with E-state index in [-0.39, 0.29) is 17.9 Å². The molecular formula is C13H20N4O3. The van der Waals surface area contributed by atoms with Crippen molar-refractivity contribution in [3.8, 4) is 5.75 Å². The molecule has 0 aliphatic rings. The van der Waals surface area contributed by atoms with E-state index in [2.05, 4.69) is 10.5 Å². The Bertz CT molecular complexity index is 473. The second kappa shape index (κ2) is 7.22. The molecule has 0 aromatic heterocycles. The zero-order chi connectivity index (χ0) is 15.1. The number of methoxy groups -OCH3 is 1. The molecule has 7 heteroatoms. The van der Waals surface area contributed by atoms with E-state index >= 15 is 0 Å². The van der Waals surface area contributed by atoms with Gasteiger partial charge in [-0.2, -0.15) is 0 Å². The maximum Gasteiger partial charge on any atom is 0.321 e.